The van der Waals surface area contributed by atoms with E-state index >= 15 is 0 Å². The van der Waals surface area contributed by atoms with Crippen LogP contribution in [-0.4, -0.2) is 33.8 Å². The van der Waals surface area contributed by atoms with Crippen LogP contribution in [0.4, 0.5) is 13.2 Å². The van der Waals surface area contributed by atoms with Crippen molar-refractivity contribution in [3.63, 3.8) is 0 Å². The monoisotopic (exact) mass is 612 g/mol. The number of rotatable bonds is 13. The summed E-state index contributed by atoms with van der Waals surface area (Å²) in [6.45, 7) is 0.550. The Morgan fingerprint density at radius 3 is 2.20 bits per heavy atom. The van der Waals surface area contributed by atoms with E-state index in [0.717, 1.165) is 87.6 Å². The summed E-state index contributed by atoms with van der Waals surface area (Å²) in [6.07, 6.45) is 0.645. The maximum absolute atomic E-state index is 12.6. The van der Waals surface area contributed by atoms with Crippen LogP contribution in [0.5, 0.6) is 5.75 Å². The van der Waals surface area contributed by atoms with Gasteiger partial charge in [0, 0.05) is 50.4 Å². The zero-order valence-electron chi connectivity index (χ0n) is 24.8. The predicted octanol–water partition coefficient (Wildman–Crippen LogP) is 10.9. The standard InChI is InChI=1S/C37H35F3N2O3/c38-37(39,40)18-8-4-2-1-3-5-9-19-45-27-14-10-13-24(20-27)28-15-11-17-31-34(28)35-29(36(43)44)21-26(23-33(35)42-31)32-22-25-12-6-7-16-30(25)41-32/h6-7,10-17,20-23,41-42H,1-5,8-9,18-19H2,(H,43,44). The number of para-hydroxylation sites is 1. The first kappa shape index (κ1) is 30.3. The molecule has 2 heterocycles. The number of ether oxygens (including phenoxy) is 1. The van der Waals surface area contributed by atoms with Gasteiger partial charge in [0.05, 0.1) is 12.2 Å². The molecule has 45 heavy (non-hydrogen) atoms. The Bertz CT molecular complexity index is 1920. The van der Waals surface area contributed by atoms with Gasteiger partial charge in [0.1, 0.15) is 5.75 Å². The number of carboxylic acids is 1. The number of halogens is 3. The second-order valence-electron chi connectivity index (χ2n) is 11.6. The van der Waals surface area contributed by atoms with Gasteiger partial charge >= 0.3 is 12.1 Å². The molecule has 0 unspecified atom stereocenters. The molecule has 4 aromatic carbocycles. The number of aromatic carboxylic acids is 1. The van der Waals surface area contributed by atoms with E-state index in [2.05, 4.69) is 9.97 Å². The highest BCUT2D eigenvalue weighted by molar-refractivity contribution is 6.21. The van der Waals surface area contributed by atoms with E-state index in [-0.39, 0.29) is 12.0 Å². The van der Waals surface area contributed by atoms with E-state index in [1.165, 1.54) is 0 Å². The lowest BCUT2D eigenvalue weighted by Crippen LogP contribution is -2.06. The summed E-state index contributed by atoms with van der Waals surface area (Å²) in [5.41, 5.74) is 6.30. The molecule has 0 fully saturated rings. The second kappa shape index (κ2) is 13.1. The third-order valence-electron chi connectivity index (χ3n) is 8.31. The van der Waals surface area contributed by atoms with Crippen molar-refractivity contribution in [2.45, 2.75) is 57.5 Å². The lowest BCUT2D eigenvalue weighted by Gasteiger charge is -2.10. The fourth-order valence-corrected chi connectivity index (χ4v) is 6.13. The van der Waals surface area contributed by atoms with Crippen molar-refractivity contribution in [1.82, 2.24) is 9.97 Å². The fraction of sp³-hybridized carbons (Fsp3) is 0.270. The smallest absolute Gasteiger partial charge is 0.389 e. The molecule has 0 spiro atoms. The van der Waals surface area contributed by atoms with E-state index in [4.69, 9.17) is 4.74 Å². The van der Waals surface area contributed by atoms with Crippen LogP contribution in [0.3, 0.4) is 0 Å². The molecule has 6 aromatic rings. The third-order valence-corrected chi connectivity index (χ3v) is 8.31. The lowest BCUT2D eigenvalue weighted by atomic mass is 9.95. The van der Waals surface area contributed by atoms with E-state index in [1.54, 1.807) is 6.07 Å². The molecule has 8 heteroatoms. The molecule has 0 aliphatic rings. The zero-order valence-corrected chi connectivity index (χ0v) is 24.8. The van der Waals surface area contributed by atoms with E-state index < -0.39 is 18.6 Å². The van der Waals surface area contributed by atoms with Crippen LogP contribution in [0.15, 0.2) is 84.9 Å². The largest absolute Gasteiger partial charge is 0.494 e. The molecule has 0 radical (unpaired) electrons. The first-order chi connectivity index (χ1) is 21.8. The van der Waals surface area contributed by atoms with Gasteiger partial charge in [-0.15, -0.1) is 0 Å². The van der Waals surface area contributed by atoms with Gasteiger partial charge in [-0.1, -0.05) is 74.6 Å². The van der Waals surface area contributed by atoms with E-state index in [1.807, 2.05) is 78.9 Å². The fourth-order valence-electron chi connectivity index (χ4n) is 6.13. The van der Waals surface area contributed by atoms with E-state index in [0.29, 0.717) is 18.4 Å². The van der Waals surface area contributed by atoms with Crippen molar-refractivity contribution in [2.75, 3.05) is 6.61 Å². The van der Waals surface area contributed by atoms with Crippen LogP contribution in [0.1, 0.15) is 61.7 Å². The van der Waals surface area contributed by atoms with Gasteiger partial charge in [0.15, 0.2) is 0 Å². The Hall–Kier alpha value is -4.72. The van der Waals surface area contributed by atoms with Crippen LogP contribution in [0.2, 0.25) is 0 Å². The molecule has 5 nitrogen and oxygen atoms in total. The number of hydrogen-bond donors (Lipinski definition) is 3. The normalized spacial score (nSPS) is 12.0. The number of carbonyl (C=O) groups is 1. The van der Waals surface area contributed by atoms with Crippen molar-refractivity contribution in [3.8, 4) is 28.1 Å². The number of nitrogens with one attached hydrogen (secondary N) is 2. The maximum Gasteiger partial charge on any atom is 0.389 e. The highest BCUT2D eigenvalue weighted by Crippen LogP contribution is 2.39. The van der Waals surface area contributed by atoms with Crippen molar-refractivity contribution in [1.29, 1.82) is 0 Å². The van der Waals surface area contributed by atoms with Crippen LogP contribution in [0, 0.1) is 0 Å². The number of benzene rings is 4. The molecule has 0 bridgehead atoms. The average Bonchev–Trinajstić information content (AvgIpc) is 3.63. The molecule has 0 atom stereocenters. The summed E-state index contributed by atoms with van der Waals surface area (Å²) in [5.74, 6) is -0.261. The lowest BCUT2D eigenvalue weighted by molar-refractivity contribution is -0.135. The Morgan fingerprint density at radius 1 is 0.689 bits per heavy atom. The van der Waals surface area contributed by atoms with Crippen LogP contribution in [0.25, 0.3) is 55.1 Å². The van der Waals surface area contributed by atoms with Crippen molar-refractivity contribution >= 4 is 38.7 Å². The molecule has 0 amide bonds. The maximum atomic E-state index is 12.6. The summed E-state index contributed by atoms with van der Waals surface area (Å²) >= 11 is 0. The molecule has 6 rings (SSSR count). The van der Waals surface area contributed by atoms with E-state index in [9.17, 15) is 23.1 Å². The highest BCUT2D eigenvalue weighted by Gasteiger charge is 2.25. The molecular weight excluding hydrogens is 577 g/mol. The molecule has 3 N–H and O–H groups in total. The predicted molar refractivity (Wildman–Crippen MR) is 174 cm³/mol. The van der Waals surface area contributed by atoms with Crippen molar-refractivity contribution < 1.29 is 27.8 Å². The number of fused-ring (bicyclic) bond motifs is 4. The summed E-state index contributed by atoms with van der Waals surface area (Å²) in [5, 5.41) is 12.9. The van der Waals surface area contributed by atoms with Crippen LogP contribution < -0.4 is 4.74 Å². The first-order valence-corrected chi connectivity index (χ1v) is 15.5. The Labute approximate surface area is 259 Å². The van der Waals surface area contributed by atoms with Gasteiger partial charge in [-0.3, -0.25) is 0 Å². The van der Waals surface area contributed by atoms with Gasteiger partial charge < -0.3 is 19.8 Å². The number of alkyl halides is 3. The van der Waals surface area contributed by atoms with Crippen molar-refractivity contribution in [3.05, 3.63) is 90.5 Å². The van der Waals surface area contributed by atoms with Crippen molar-refractivity contribution in [2.24, 2.45) is 0 Å². The summed E-state index contributed by atoms with van der Waals surface area (Å²) in [7, 11) is 0. The van der Waals surface area contributed by atoms with Gasteiger partial charge in [0.25, 0.3) is 0 Å². The average molecular weight is 613 g/mol. The third kappa shape index (κ3) is 7.00. The summed E-state index contributed by atoms with van der Waals surface area (Å²) < 4.78 is 42.8. The number of aromatic nitrogens is 2. The van der Waals surface area contributed by atoms with Gasteiger partial charge in [-0.05, 0) is 66.4 Å². The number of aromatic amines is 2. The Morgan fingerprint density at radius 2 is 1.42 bits per heavy atom. The van der Waals surface area contributed by atoms with Gasteiger partial charge in [-0.2, -0.15) is 13.2 Å². The molecule has 0 saturated carbocycles. The molecule has 0 aliphatic heterocycles. The van der Waals surface area contributed by atoms with Gasteiger partial charge in [-0.25, -0.2) is 4.79 Å². The second-order valence-corrected chi connectivity index (χ2v) is 11.6. The van der Waals surface area contributed by atoms with Crippen LogP contribution >= 0.6 is 0 Å². The molecule has 0 saturated heterocycles. The summed E-state index contributed by atoms with van der Waals surface area (Å²) in [6, 6.07) is 27.5. The quantitative estimate of drug-likeness (QED) is 0.114. The number of H-pyrrole nitrogens is 2. The minimum Gasteiger partial charge on any atom is -0.494 e. The minimum absolute atomic E-state index is 0.207. The Balaban J connectivity index is 1.18. The van der Waals surface area contributed by atoms with Gasteiger partial charge in [0.2, 0.25) is 0 Å². The topological polar surface area (TPSA) is 78.1 Å². The number of unbranched alkanes of at least 4 members (excludes halogenated alkanes) is 6. The zero-order chi connectivity index (χ0) is 31.4. The van der Waals surface area contributed by atoms with Crippen LogP contribution in [-0.2, 0) is 0 Å². The molecule has 2 aromatic heterocycles. The highest BCUT2D eigenvalue weighted by atomic mass is 19.4. The molecular formula is C37H35F3N2O3. The number of hydrogen-bond acceptors (Lipinski definition) is 2. The SMILES string of the molecule is O=C(O)c1cc(-c2cc3ccccc3[nH]2)cc2[nH]c3cccc(-c4cccc(OCCCCCCCCCC(F)(F)F)c4)c3c12. The number of carboxylic acid groups (broad SMARTS) is 1. The molecule has 0 aliphatic carbocycles. The minimum atomic E-state index is -4.05. The summed E-state index contributed by atoms with van der Waals surface area (Å²) in [4.78, 5) is 19.5. The Kier molecular flexibility index (Phi) is 8.83. The molecule has 232 valence electrons. The first-order valence-electron chi connectivity index (χ1n) is 15.5.